The Hall–Kier alpha value is 0.730. The topological polar surface area (TPSA) is 0 Å². The normalized spacial score (nSPS) is 73.3. The SMILES string of the molecule is CC1CCC2CC1C1C2C2C3CC(C4C5CC(I)CCC5C34)C12. The molecule has 0 spiro atoms. The van der Waals surface area contributed by atoms with Crippen LogP contribution in [0, 0.1) is 76.9 Å². The molecule has 7 fully saturated rings. The molecule has 7 rings (SSSR count). The molecule has 0 saturated heterocycles. The first kappa shape index (κ1) is 13.9. The second-order valence-corrected chi connectivity index (χ2v) is 12.7. The highest BCUT2D eigenvalue weighted by atomic mass is 127. The predicted molar refractivity (Wildman–Crippen MR) is 101 cm³/mol. The molecule has 1 heteroatoms. The quantitative estimate of drug-likeness (QED) is 0.269. The lowest BCUT2D eigenvalue weighted by atomic mass is 9.38. The molecule has 126 valence electrons. The van der Waals surface area contributed by atoms with E-state index in [0.29, 0.717) is 0 Å². The second-order valence-electron chi connectivity index (χ2n) is 11.0. The standard InChI is InChI=1S/C22H31I/c1-9-2-3-10-6-13(9)20-17(10)21-15-8-16(22(20)21)19-14-7-11(23)4-5-12(14)18(15)19/h9-22H,2-8H2,1H3. The highest BCUT2D eigenvalue weighted by molar-refractivity contribution is 14.1. The van der Waals surface area contributed by atoms with Gasteiger partial charge in [0.15, 0.2) is 0 Å². The van der Waals surface area contributed by atoms with Crippen molar-refractivity contribution in [2.75, 3.05) is 0 Å². The van der Waals surface area contributed by atoms with E-state index in [1.165, 1.54) is 65.1 Å². The van der Waals surface area contributed by atoms with Crippen molar-refractivity contribution < 1.29 is 0 Å². The fraction of sp³-hybridized carbons (Fsp3) is 1.00. The monoisotopic (exact) mass is 422 g/mol. The maximum absolute atomic E-state index is 2.77. The van der Waals surface area contributed by atoms with Crippen LogP contribution in [0.4, 0.5) is 0 Å². The van der Waals surface area contributed by atoms with Gasteiger partial charge in [0.2, 0.25) is 0 Å². The summed E-state index contributed by atoms with van der Waals surface area (Å²) in [7, 11) is 0. The van der Waals surface area contributed by atoms with E-state index in [9.17, 15) is 0 Å². The Morgan fingerprint density at radius 1 is 0.565 bits per heavy atom. The molecule has 14 unspecified atom stereocenters. The van der Waals surface area contributed by atoms with Crippen molar-refractivity contribution in [3.63, 3.8) is 0 Å². The zero-order valence-electron chi connectivity index (χ0n) is 14.4. The van der Waals surface area contributed by atoms with Crippen molar-refractivity contribution in [3.8, 4) is 0 Å². The van der Waals surface area contributed by atoms with Gasteiger partial charge in [-0.3, -0.25) is 0 Å². The molecule has 0 aromatic carbocycles. The van der Waals surface area contributed by atoms with Crippen LogP contribution < -0.4 is 0 Å². The van der Waals surface area contributed by atoms with Gasteiger partial charge >= 0.3 is 0 Å². The predicted octanol–water partition coefficient (Wildman–Crippen LogP) is 5.65. The Bertz CT molecular complexity index is 556. The number of alkyl halides is 1. The number of fused-ring (bicyclic) bond motifs is 18. The summed E-state index contributed by atoms with van der Waals surface area (Å²) in [5.41, 5.74) is 0. The van der Waals surface area contributed by atoms with E-state index < -0.39 is 0 Å². The van der Waals surface area contributed by atoms with Crippen molar-refractivity contribution in [3.05, 3.63) is 0 Å². The molecule has 0 radical (unpaired) electrons. The molecule has 7 aliphatic rings. The Balaban J connectivity index is 1.23. The van der Waals surface area contributed by atoms with Gasteiger partial charge in [-0.2, -0.15) is 0 Å². The fourth-order valence-corrected chi connectivity index (χ4v) is 11.6. The molecule has 4 bridgehead atoms. The van der Waals surface area contributed by atoms with E-state index in [0.717, 1.165) is 15.8 Å². The molecule has 7 saturated carbocycles. The third-order valence-corrected chi connectivity index (χ3v) is 12.1. The van der Waals surface area contributed by atoms with E-state index in [2.05, 4.69) is 29.5 Å². The van der Waals surface area contributed by atoms with E-state index in [-0.39, 0.29) is 0 Å². The maximum atomic E-state index is 2.77. The van der Waals surface area contributed by atoms with Gasteiger partial charge in [-0.05, 0) is 115 Å². The minimum Gasteiger partial charge on any atom is -0.0826 e. The Labute approximate surface area is 155 Å². The Morgan fingerprint density at radius 3 is 2.17 bits per heavy atom. The van der Waals surface area contributed by atoms with Crippen LogP contribution in [0.25, 0.3) is 0 Å². The average molecular weight is 422 g/mol. The van der Waals surface area contributed by atoms with Gasteiger partial charge in [0.05, 0.1) is 0 Å². The zero-order valence-corrected chi connectivity index (χ0v) is 16.6. The van der Waals surface area contributed by atoms with Crippen LogP contribution in [-0.4, -0.2) is 3.92 Å². The van der Waals surface area contributed by atoms with E-state index in [1.54, 1.807) is 44.9 Å². The van der Waals surface area contributed by atoms with Crippen LogP contribution in [-0.2, 0) is 0 Å². The molecule has 0 amide bonds. The largest absolute Gasteiger partial charge is 0.0826 e. The Kier molecular flexibility index (Phi) is 2.62. The van der Waals surface area contributed by atoms with Crippen LogP contribution in [0.3, 0.4) is 0 Å². The summed E-state index contributed by atoms with van der Waals surface area (Å²) in [4.78, 5) is 0. The summed E-state index contributed by atoms with van der Waals surface area (Å²) < 4.78 is 1.02. The summed E-state index contributed by atoms with van der Waals surface area (Å²) in [5.74, 6) is 15.6. The minimum absolute atomic E-state index is 1.02. The lowest BCUT2D eigenvalue weighted by Gasteiger charge is -2.66. The molecule has 0 aliphatic heterocycles. The summed E-state index contributed by atoms with van der Waals surface area (Å²) in [5, 5.41) is 0. The molecule has 7 aliphatic carbocycles. The molecular formula is C22H31I. The lowest BCUT2D eigenvalue weighted by molar-refractivity contribution is -0.188. The van der Waals surface area contributed by atoms with Gasteiger partial charge in [0.1, 0.15) is 0 Å². The van der Waals surface area contributed by atoms with Gasteiger partial charge in [-0.1, -0.05) is 35.9 Å². The highest BCUT2D eigenvalue weighted by Crippen LogP contribution is 2.82. The third-order valence-electron chi connectivity index (χ3n) is 11.0. The zero-order chi connectivity index (χ0) is 15.0. The first-order valence-electron chi connectivity index (χ1n) is 10.9. The molecular weight excluding hydrogens is 391 g/mol. The van der Waals surface area contributed by atoms with Crippen molar-refractivity contribution >= 4 is 22.6 Å². The van der Waals surface area contributed by atoms with Crippen molar-refractivity contribution in [1.29, 1.82) is 0 Å². The van der Waals surface area contributed by atoms with Crippen LogP contribution >= 0.6 is 22.6 Å². The minimum atomic E-state index is 1.02. The van der Waals surface area contributed by atoms with Gasteiger partial charge in [-0.25, -0.2) is 0 Å². The molecule has 23 heavy (non-hydrogen) atoms. The number of hydrogen-bond acceptors (Lipinski definition) is 0. The molecule has 0 aromatic heterocycles. The lowest BCUT2D eigenvalue weighted by Crippen LogP contribution is -2.62. The first-order chi connectivity index (χ1) is 11.2. The first-order valence-corrected chi connectivity index (χ1v) is 12.1. The van der Waals surface area contributed by atoms with Gasteiger partial charge in [0, 0.05) is 3.92 Å². The van der Waals surface area contributed by atoms with Crippen LogP contribution in [0.15, 0.2) is 0 Å². The van der Waals surface area contributed by atoms with Crippen LogP contribution in [0.2, 0.25) is 0 Å². The summed E-state index contributed by atoms with van der Waals surface area (Å²) >= 11 is 2.77. The summed E-state index contributed by atoms with van der Waals surface area (Å²) in [6, 6.07) is 0. The fourth-order valence-electron chi connectivity index (χ4n) is 10.7. The maximum Gasteiger partial charge on any atom is 0.0113 e. The van der Waals surface area contributed by atoms with E-state index in [4.69, 9.17) is 0 Å². The molecule has 14 atom stereocenters. The van der Waals surface area contributed by atoms with Crippen molar-refractivity contribution in [2.45, 2.75) is 55.8 Å². The van der Waals surface area contributed by atoms with Crippen LogP contribution in [0.1, 0.15) is 51.9 Å². The van der Waals surface area contributed by atoms with Crippen molar-refractivity contribution in [1.82, 2.24) is 0 Å². The third kappa shape index (κ3) is 1.43. The summed E-state index contributed by atoms with van der Waals surface area (Å²) in [6.07, 6.45) is 11.3. The highest BCUT2D eigenvalue weighted by Gasteiger charge is 2.77. The molecule has 0 heterocycles. The second kappa shape index (κ2) is 4.34. The Morgan fingerprint density at radius 2 is 1.30 bits per heavy atom. The number of hydrogen-bond donors (Lipinski definition) is 0. The van der Waals surface area contributed by atoms with Crippen LogP contribution in [0.5, 0.6) is 0 Å². The number of halogens is 1. The van der Waals surface area contributed by atoms with E-state index in [1.807, 2.05) is 0 Å². The van der Waals surface area contributed by atoms with Gasteiger partial charge in [0.25, 0.3) is 0 Å². The number of rotatable bonds is 0. The smallest absolute Gasteiger partial charge is 0.0113 e. The van der Waals surface area contributed by atoms with Gasteiger partial charge in [-0.15, -0.1) is 0 Å². The average Bonchev–Trinajstić information content (AvgIpc) is 3.05. The van der Waals surface area contributed by atoms with Crippen molar-refractivity contribution in [2.24, 2.45) is 76.9 Å². The molecule has 0 N–H and O–H groups in total. The van der Waals surface area contributed by atoms with E-state index >= 15 is 0 Å². The van der Waals surface area contributed by atoms with Gasteiger partial charge < -0.3 is 0 Å². The molecule has 0 nitrogen and oxygen atoms in total. The molecule has 0 aromatic rings. The summed E-state index contributed by atoms with van der Waals surface area (Å²) in [6.45, 7) is 2.60.